The molecule has 0 bridgehead atoms. The summed E-state index contributed by atoms with van der Waals surface area (Å²) in [6, 6.07) is 9.72. The summed E-state index contributed by atoms with van der Waals surface area (Å²) in [5.74, 6) is 1.33. The third-order valence-electron chi connectivity index (χ3n) is 1.87. The number of benzene rings is 1. The molecule has 4 heteroatoms. The molecular weight excluding hydrogens is 240 g/mol. The molecule has 1 atom stereocenters. The zero-order valence-corrected chi connectivity index (χ0v) is 11.8. The van der Waals surface area contributed by atoms with E-state index in [1.54, 1.807) is 0 Å². The number of ether oxygens (including phenoxy) is 1. The molecule has 0 saturated heterocycles. The van der Waals surface area contributed by atoms with Gasteiger partial charge in [0.1, 0.15) is 12.4 Å². The minimum atomic E-state index is -1.54. The number of hydrogen-bond donors (Lipinski definition) is 0. The fourth-order valence-electron chi connectivity index (χ4n) is 1.32. The number of hydrogen-bond acceptors (Lipinski definition) is 2. The fourth-order valence-corrected chi connectivity index (χ4v) is 2.73. The van der Waals surface area contributed by atoms with Gasteiger partial charge in [0, 0.05) is 0 Å². The average Bonchev–Trinajstić information content (AvgIpc) is 2.24. The quantitative estimate of drug-likeness (QED) is 0.574. The highest BCUT2D eigenvalue weighted by atomic mass is 35.5. The van der Waals surface area contributed by atoms with Gasteiger partial charge in [-0.3, -0.25) is 0 Å². The van der Waals surface area contributed by atoms with Gasteiger partial charge < -0.3 is 9.16 Å². The van der Waals surface area contributed by atoms with Crippen LogP contribution in [-0.2, 0) is 4.43 Å². The van der Waals surface area contributed by atoms with Crippen LogP contribution in [0.25, 0.3) is 0 Å². The Labute approximate surface area is 104 Å². The normalized spacial score (nSPS) is 13.5. The van der Waals surface area contributed by atoms with Crippen molar-refractivity contribution in [3.8, 4) is 5.75 Å². The van der Waals surface area contributed by atoms with Crippen molar-refractivity contribution in [1.29, 1.82) is 0 Å². The first-order valence-electron chi connectivity index (χ1n) is 5.43. The Hall–Kier alpha value is -0.513. The van der Waals surface area contributed by atoms with Crippen LogP contribution in [0.1, 0.15) is 0 Å². The topological polar surface area (TPSA) is 18.5 Å². The number of halogens is 1. The molecule has 0 aromatic heterocycles. The molecule has 0 N–H and O–H groups in total. The zero-order valence-electron chi connectivity index (χ0n) is 10.1. The minimum absolute atomic E-state index is 0.0199. The van der Waals surface area contributed by atoms with E-state index >= 15 is 0 Å². The largest absolute Gasteiger partial charge is 0.491 e. The molecular formula is C12H19ClO2Si. The molecule has 90 valence electrons. The number of alkyl halides is 1. The minimum Gasteiger partial charge on any atom is -0.491 e. The predicted octanol–water partition coefficient (Wildman–Crippen LogP) is 3.52. The van der Waals surface area contributed by atoms with Gasteiger partial charge in [-0.2, -0.15) is 0 Å². The van der Waals surface area contributed by atoms with Gasteiger partial charge in [0.2, 0.25) is 0 Å². The van der Waals surface area contributed by atoms with E-state index in [0.29, 0.717) is 12.5 Å². The SMILES string of the molecule is C[Si](C)(C)OC(CCl)COc1ccccc1. The molecule has 0 saturated carbocycles. The van der Waals surface area contributed by atoms with Crippen LogP contribution in [0.3, 0.4) is 0 Å². The Morgan fingerprint density at radius 3 is 2.31 bits per heavy atom. The van der Waals surface area contributed by atoms with E-state index in [0.717, 1.165) is 5.75 Å². The number of para-hydroxylation sites is 1. The molecule has 0 spiro atoms. The zero-order chi connectivity index (χ0) is 12.0. The van der Waals surface area contributed by atoms with Crippen molar-refractivity contribution in [2.24, 2.45) is 0 Å². The van der Waals surface area contributed by atoms with Gasteiger partial charge in [0.05, 0.1) is 12.0 Å². The van der Waals surface area contributed by atoms with Crippen molar-refractivity contribution in [1.82, 2.24) is 0 Å². The Morgan fingerprint density at radius 2 is 1.81 bits per heavy atom. The first kappa shape index (κ1) is 13.6. The summed E-state index contributed by atoms with van der Waals surface area (Å²) in [5, 5.41) is 0. The maximum absolute atomic E-state index is 5.89. The molecule has 0 radical (unpaired) electrons. The van der Waals surface area contributed by atoms with Gasteiger partial charge in [-0.25, -0.2) is 0 Å². The first-order chi connectivity index (χ1) is 7.51. The van der Waals surface area contributed by atoms with Crippen LogP contribution in [0.2, 0.25) is 19.6 Å². The van der Waals surface area contributed by atoms with E-state index in [9.17, 15) is 0 Å². The van der Waals surface area contributed by atoms with Gasteiger partial charge in [-0.15, -0.1) is 11.6 Å². The second kappa shape index (κ2) is 6.28. The van der Waals surface area contributed by atoms with Crippen LogP contribution in [-0.4, -0.2) is 26.9 Å². The molecule has 2 nitrogen and oxygen atoms in total. The summed E-state index contributed by atoms with van der Waals surface area (Å²) in [7, 11) is -1.54. The molecule has 1 aromatic carbocycles. The van der Waals surface area contributed by atoms with E-state index < -0.39 is 8.32 Å². The third kappa shape index (κ3) is 5.54. The average molecular weight is 259 g/mol. The molecule has 1 rings (SSSR count). The van der Waals surface area contributed by atoms with Gasteiger partial charge in [0.25, 0.3) is 0 Å². The van der Waals surface area contributed by atoms with E-state index in [2.05, 4.69) is 19.6 Å². The molecule has 1 unspecified atom stereocenters. The van der Waals surface area contributed by atoms with Crippen molar-refractivity contribution >= 4 is 19.9 Å². The monoisotopic (exact) mass is 258 g/mol. The van der Waals surface area contributed by atoms with Gasteiger partial charge in [-0.1, -0.05) is 18.2 Å². The van der Waals surface area contributed by atoms with Crippen LogP contribution in [0.4, 0.5) is 0 Å². The van der Waals surface area contributed by atoms with Crippen molar-refractivity contribution in [3.63, 3.8) is 0 Å². The van der Waals surface area contributed by atoms with E-state index in [4.69, 9.17) is 20.8 Å². The Bertz CT molecular complexity index is 298. The Kier molecular flexibility index (Phi) is 5.32. The highest BCUT2D eigenvalue weighted by Crippen LogP contribution is 2.12. The molecule has 0 aliphatic heterocycles. The van der Waals surface area contributed by atoms with Crippen LogP contribution in [0.15, 0.2) is 30.3 Å². The molecule has 0 aliphatic rings. The molecule has 0 fully saturated rings. The third-order valence-corrected chi connectivity index (χ3v) is 3.26. The predicted molar refractivity (Wildman–Crippen MR) is 70.9 cm³/mol. The van der Waals surface area contributed by atoms with E-state index in [1.807, 2.05) is 30.3 Å². The molecule has 0 aliphatic carbocycles. The highest BCUT2D eigenvalue weighted by molar-refractivity contribution is 6.69. The van der Waals surface area contributed by atoms with E-state index in [-0.39, 0.29) is 6.10 Å². The van der Waals surface area contributed by atoms with Gasteiger partial charge in [0.15, 0.2) is 8.32 Å². The summed E-state index contributed by atoms with van der Waals surface area (Å²) in [6.07, 6.45) is -0.0199. The summed E-state index contributed by atoms with van der Waals surface area (Å²) in [6.45, 7) is 6.96. The summed E-state index contributed by atoms with van der Waals surface area (Å²) >= 11 is 5.86. The van der Waals surface area contributed by atoms with Crippen LogP contribution in [0, 0.1) is 0 Å². The summed E-state index contributed by atoms with van der Waals surface area (Å²) < 4.78 is 11.5. The van der Waals surface area contributed by atoms with Crippen LogP contribution in [0.5, 0.6) is 5.75 Å². The Balaban J connectivity index is 2.40. The molecule has 1 aromatic rings. The van der Waals surface area contributed by atoms with E-state index in [1.165, 1.54) is 0 Å². The lowest BCUT2D eigenvalue weighted by Crippen LogP contribution is -2.36. The first-order valence-corrected chi connectivity index (χ1v) is 9.37. The van der Waals surface area contributed by atoms with Gasteiger partial charge in [-0.05, 0) is 31.8 Å². The standard InChI is InChI=1S/C12H19ClO2Si/c1-16(2,3)15-12(9-13)10-14-11-7-5-4-6-8-11/h4-8,12H,9-10H2,1-3H3. The maximum atomic E-state index is 5.89. The Morgan fingerprint density at radius 1 is 1.19 bits per heavy atom. The van der Waals surface area contributed by atoms with Crippen LogP contribution < -0.4 is 4.74 Å². The van der Waals surface area contributed by atoms with Crippen molar-refractivity contribution in [2.75, 3.05) is 12.5 Å². The molecule has 0 amide bonds. The van der Waals surface area contributed by atoms with Crippen molar-refractivity contribution in [3.05, 3.63) is 30.3 Å². The van der Waals surface area contributed by atoms with Gasteiger partial charge >= 0.3 is 0 Å². The second-order valence-corrected chi connectivity index (χ2v) is 9.40. The smallest absolute Gasteiger partial charge is 0.184 e. The van der Waals surface area contributed by atoms with Crippen molar-refractivity contribution < 1.29 is 9.16 Å². The van der Waals surface area contributed by atoms with Crippen molar-refractivity contribution in [2.45, 2.75) is 25.7 Å². The molecule has 0 heterocycles. The molecule has 16 heavy (non-hydrogen) atoms. The maximum Gasteiger partial charge on any atom is 0.184 e. The lowest BCUT2D eigenvalue weighted by Gasteiger charge is -2.24. The van der Waals surface area contributed by atoms with Crippen LogP contribution >= 0.6 is 11.6 Å². The summed E-state index contributed by atoms with van der Waals surface area (Å²) in [4.78, 5) is 0. The highest BCUT2D eigenvalue weighted by Gasteiger charge is 2.20. The fraction of sp³-hybridized carbons (Fsp3) is 0.500. The lowest BCUT2D eigenvalue weighted by atomic mass is 10.3. The second-order valence-electron chi connectivity index (χ2n) is 4.63. The summed E-state index contributed by atoms with van der Waals surface area (Å²) in [5.41, 5.74) is 0. The lowest BCUT2D eigenvalue weighted by molar-refractivity contribution is 0.140. The number of rotatable bonds is 6.